The number of imidazole rings is 2. The predicted molar refractivity (Wildman–Crippen MR) is 73.6 cm³/mol. The summed E-state index contributed by atoms with van der Waals surface area (Å²) in [6.07, 6.45) is 0. The molecule has 0 aliphatic heterocycles. The van der Waals surface area contributed by atoms with Gasteiger partial charge in [-0.3, -0.25) is 0 Å². The van der Waals surface area contributed by atoms with E-state index in [-0.39, 0.29) is 0 Å². The lowest BCUT2D eigenvalue weighted by Gasteiger charge is -2.01. The Labute approximate surface area is 112 Å². The first-order chi connectivity index (χ1) is 9.02. The average molecular weight is 261 g/mol. The second-order valence-corrected chi connectivity index (χ2v) is 4.43. The van der Waals surface area contributed by atoms with Crippen molar-refractivity contribution in [2.24, 2.45) is 10.3 Å². The summed E-state index contributed by atoms with van der Waals surface area (Å²) in [6, 6.07) is 0. The number of nitrogens with zero attached hydrogens (tertiary/aromatic N) is 5. The Hall–Kier alpha value is -2.18. The van der Waals surface area contributed by atoms with Crippen LogP contribution >= 0.6 is 0 Å². The third-order valence-electron chi connectivity index (χ3n) is 3.18. The molecule has 0 radical (unpaired) electrons. The summed E-state index contributed by atoms with van der Waals surface area (Å²) in [7, 11) is 0. The number of nitrogens with one attached hydrogen (secondary N) is 2. The number of hydrogen-bond donors (Lipinski definition) is 2. The second-order valence-electron chi connectivity index (χ2n) is 4.43. The normalized spacial score (nSPS) is 11.4. The van der Waals surface area contributed by atoms with Crippen LogP contribution in [0, 0.1) is 27.7 Å². The minimum atomic E-state index is 0.585. The SMILES string of the molecule is CCn1c(N=NNc2nc(C)c(C)[nH]2)nc(C)c1C. The van der Waals surface area contributed by atoms with Crippen LogP contribution in [0.5, 0.6) is 0 Å². The third-order valence-corrected chi connectivity index (χ3v) is 3.18. The van der Waals surface area contributed by atoms with Gasteiger partial charge in [0.2, 0.25) is 5.95 Å². The fraction of sp³-hybridized carbons (Fsp3) is 0.500. The molecule has 2 aromatic rings. The van der Waals surface area contributed by atoms with Crippen molar-refractivity contribution in [3.63, 3.8) is 0 Å². The Bertz CT molecular complexity index is 586. The van der Waals surface area contributed by atoms with Crippen molar-refractivity contribution < 1.29 is 0 Å². The van der Waals surface area contributed by atoms with Crippen molar-refractivity contribution in [3.05, 3.63) is 22.8 Å². The highest BCUT2D eigenvalue weighted by molar-refractivity contribution is 5.30. The van der Waals surface area contributed by atoms with Gasteiger partial charge in [0.15, 0.2) is 0 Å². The summed E-state index contributed by atoms with van der Waals surface area (Å²) < 4.78 is 2.01. The molecule has 2 aromatic heterocycles. The molecule has 0 spiro atoms. The van der Waals surface area contributed by atoms with Gasteiger partial charge in [-0.05, 0) is 34.6 Å². The maximum atomic E-state index is 4.37. The Morgan fingerprint density at radius 3 is 2.47 bits per heavy atom. The van der Waals surface area contributed by atoms with Crippen LogP contribution in [-0.2, 0) is 6.54 Å². The maximum absolute atomic E-state index is 4.37. The molecule has 0 saturated carbocycles. The number of anilines is 1. The van der Waals surface area contributed by atoms with Crippen molar-refractivity contribution in [3.8, 4) is 0 Å². The highest BCUT2D eigenvalue weighted by Gasteiger charge is 2.08. The molecule has 0 fully saturated rings. The van der Waals surface area contributed by atoms with E-state index in [1.807, 2.05) is 32.3 Å². The molecule has 0 amide bonds. The molecular weight excluding hydrogens is 242 g/mol. The number of aromatic nitrogens is 4. The molecule has 0 aromatic carbocycles. The maximum Gasteiger partial charge on any atom is 0.251 e. The molecule has 0 aliphatic rings. The van der Waals surface area contributed by atoms with Gasteiger partial charge in [-0.25, -0.2) is 15.4 Å². The highest BCUT2D eigenvalue weighted by Crippen LogP contribution is 2.17. The predicted octanol–water partition coefficient (Wildman–Crippen LogP) is 2.97. The van der Waals surface area contributed by atoms with E-state index < -0.39 is 0 Å². The first kappa shape index (κ1) is 13.3. The summed E-state index contributed by atoms with van der Waals surface area (Å²) in [6.45, 7) is 10.8. The van der Waals surface area contributed by atoms with Crippen molar-refractivity contribution in [1.29, 1.82) is 0 Å². The molecule has 2 rings (SSSR count). The van der Waals surface area contributed by atoms with Gasteiger partial charge in [0.05, 0.1) is 11.4 Å². The fourth-order valence-electron chi connectivity index (χ4n) is 1.81. The Balaban J connectivity index is 2.13. The lowest BCUT2D eigenvalue weighted by molar-refractivity contribution is 0.732. The minimum Gasteiger partial charge on any atom is -0.327 e. The molecule has 7 heteroatoms. The van der Waals surface area contributed by atoms with Crippen LogP contribution in [0.15, 0.2) is 10.3 Å². The molecule has 7 nitrogen and oxygen atoms in total. The third kappa shape index (κ3) is 2.64. The smallest absolute Gasteiger partial charge is 0.251 e. The molecule has 0 bridgehead atoms. The zero-order valence-electron chi connectivity index (χ0n) is 11.9. The molecule has 2 N–H and O–H groups in total. The second kappa shape index (κ2) is 5.21. The molecule has 19 heavy (non-hydrogen) atoms. The molecule has 0 unspecified atom stereocenters. The number of H-pyrrole nitrogens is 1. The van der Waals surface area contributed by atoms with Crippen LogP contribution in [-0.4, -0.2) is 19.5 Å². The summed E-state index contributed by atoms with van der Waals surface area (Å²) in [5.74, 6) is 1.19. The van der Waals surface area contributed by atoms with Gasteiger partial charge < -0.3 is 9.55 Å². The largest absolute Gasteiger partial charge is 0.327 e. The van der Waals surface area contributed by atoms with Crippen LogP contribution in [0.2, 0.25) is 0 Å². The van der Waals surface area contributed by atoms with Crippen LogP contribution in [0.25, 0.3) is 0 Å². The first-order valence-electron chi connectivity index (χ1n) is 6.26. The number of aryl methyl sites for hydroxylation is 3. The average Bonchev–Trinajstić information content (AvgIpc) is 2.81. The summed E-state index contributed by atoms with van der Waals surface area (Å²) in [4.78, 5) is 11.7. The van der Waals surface area contributed by atoms with Gasteiger partial charge >= 0.3 is 0 Å². The van der Waals surface area contributed by atoms with Gasteiger partial charge in [-0.1, -0.05) is 10.3 Å². The van der Waals surface area contributed by atoms with Gasteiger partial charge in [-0.15, -0.1) is 0 Å². The van der Waals surface area contributed by atoms with Crippen molar-refractivity contribution in [1.82, 2.24) is 19.5 Å². The van der Waals surface area contributed by atoms with E-state index in [9.17, 15) is 0 Å². The topological polar surface area (TPSA) is 83.2 Å². The molecular formula is C12H19N7. The van der Waals surface area contributed by atoms with Crippen LogP contribution < -0.4 is 5.43 Å². The van der Waals surface area contributed by atoms with Gasteiger partial charge in [0.25, 0.3) is 5.95 Å². The zero-order chi connectivity index (χ0) is 14.0. The van der Waals surface area contributed by atoms with Crippen LogP contribution in [0.3, 0.4) is 0 Å². The molecule has 0 aliphatic carbocycles. The molecule has 102 valence electrons. The zero-order valence-corrected chi connectivity index (χ0v) is 11.9. The number of rotatable bonds is 4. The summed E-state index contributed by atoms with van der Waals surface area (Å²) in [5, 5.41) is 8.03. The summed E-state index contributed by atoms with van der Waals surface area (Å²) >= 11 is 0. The van der Waals surface area contributed by atoms with E-state index in [1.54, 1.807) is 0 Å². The van der Waals surface area contributed by atoms with Crippen molar-refractivity contribution >= 4 is 11.9 Å². The van der Waals surface area contributed by atoms with E-state index in [0.717, 1.165) is 29.3 Å². The summed E-state index contributed by atoms with van der Waals surface area (Å²) in [5.41, 5.74) is 6.82. The molecule has 0 saturated heterocycles. The van der Waals surface area contributed by atoms with Gasteiger partial charge in [-0.2, -0.15) is 0 Å². The quantitative estimate of drug-likeness (QED) is 0.655. The van der Waals surface area contributed by atoms with Gasteiger partial charge in [0.1, 0.15) is 0 Å². The van der Waals surface area contributed by atoms with Crippen LogP contribution in [0.4, 0.5) is 11.9 Å². The molecule has 0 atom stereocenters. The Kier molecular flexibility index (Phi) is 3.64. The van der Waals surface area contributed by atoms with Gasteiger partial charge in [0, 0.05) is 17.9 Å². The van der Waals surface area contributed by atoms with E-state index in [4.69, 9.17) is 0 Å². The fourth-order valence-corrected chi connectivity index (χ4v) is 1.81. The van der Waals surface area contributed by atoms with E-state index in [1.165, 1.54) is 0 Å². The monoisotopic (exact) mass is 261 g/mol. The van der Waals surface area contributed by atoms with Crippen LogP contribution in [0.1, 0.15) is 29.7 Å². The first-order valence-corrected chi connectivity index (χ1v) is 6.26. The van der Waals surface area contributed by atoms with E-state index in [2.05, 4.69) is 37.6 Å². The van der Waals surface area contributed by atoms with E-state index >= 15 is 0 Å². The molecule has 2 heterocycles. The Morgan fingerprint density at radius 2 is 1.89 bits per heavy atom. The number of aromatic amines is 1. The lowest BCUT2D eigenvalue weighted by Crippen LogP contribution is -1.96. The standard InChI is InChI=1S/C12H19N7/c1-6-19-10(5)9(4)15-12(19)17-18-16-11-13-7(2)8(3)14-11/h6H2,1-5H3,(H2,13,14,15,16,17). The van der Waals surface area contributed by atoms with Crippen molar-refractivity contribution in [2.45, 2.75) is 41.2 Å². The van der Waals surface area contributed by atoms with Crippen molar-refractivity contribution in [2.75, 3.05) is 5.43 Å². The Morgan fingerprint density at radius 1 is 1.16 bits per heavy atom. The van der Waals surface area contributed by atoms with E-state index in [0.29, 0.717) is 11.9 Å². The lowest BCUT2D eigenvalue weighted by atomic mass is 10.4. The minimum absolute atomic E-state index is 0.585. The highest BCUT2D eigenvalue weighted by atomic mass is 15.5. The number of hydrogen-bond acceptors (Lipinski definition) is 4.